The van der Waals surface area contributed by atoms with Crippen molar-refractivity contribution in [2.45, 2.75) is 37.0 Å². The third-order valence-electron chi connectivity index (χ3n) is 4.01. The Morgan fingerprint density at radius 2 is 2.17 bits per heavy atom. The quantitative estimate of drug-likeness (QED) is 0.764. The van der Waals surface area contributed by atoms with E-state index in [1.165, 1.54) is 11.1 Å². The zero-order valence-corrected chi connectivity index (χ0v) is 11.8. The Kier molecular flexibility index (Phi) is 3.90. The van der Waals surface area contributed by atoms with Crippen LogP contribution in [-0.4, -0.2) is 33.9 Å². The summed E-state index contributed by atoms with van der Waals surface area (Å²) in [5, 5.41) is 19.1. The number of phenolic OH excluding ortho intramolecular Hbond substituents is 1. The van der Waals surface area contributed by atoms with E-state index >= 15 is 0 Å². The molecule has 2 atom stereocenters. The highest BCUT2D eigenvalue weighted by Crippen LogP contribution is 2.40. The molecule has 1 aromatic rings. The van der Waals surface area contributed by atoms with Crippen molar-refractivity contribution in [1.29, 1.82) is 0 Å². The van der Waals surface area contributed by atoms with E-state index in [2.05, 4.69) is 19.6 Å². The van der Waals surface area contributed by atoms with Crippen LogP contribution in [0.3, 0.4) is 0 Å². The Morgan fingerprint density at radius 1 is 1.44 bits per heavy atom. The highest BCUT2D eigenvalue weighted by molar-refractivity contribution is 7.99. The molecule has 5 N–H and O–H groups in total. The van der Waals surface area contributed by atoms with Crippen LogP contribution in [0.25, 0.3) is 0 Å². The summed E-state index contributed by atoms with van der Waals surface area (Å²) in [7, 11) is 0. The molecule has 0 saturated carbocycles. The maximum atomic E-state index is 9.66. The zero-order valence-electron chi connectivity index (χ0n) is 11.0. The molecular formula is C14H22NO2S+. The van der Waals surface area contributed by atoms with E-state index in [-0.39, 0.29) is 18.1 Å². The van der Waals surface area contributed by atoms with Gasteiger partial charge in [-0.05, 0) is 29.7 Å². The Hall–Kier alpha value is -0.710. The van der Waals surface area contributed by atoms with Gasteiger partial charge < -0.3 is 15.9 Å². The van der Waals surface area contributed by atoms with Gasteiger partial charge >= 0.3 is 0 Å². The first-order valence-electron chi connectivity index (χ1n) is 6.34. The van der Waals surface area contributed by atoms with Gasteiger partial charge in [-0.1, -0.05) is 19.9 Å². The van der Waals surface area contributed by atoms with Gasteiger partial charge in [-0.3, -0.25) is 0 Å². The van der Waals surface area contributed by atoms with Gasteiger partial charge in [0.15, 0.2) is 0 Å². The number of fused-ring (bicyclic) bond motifs is 1. The fourth-order valence-electron chi connectivity index (χ4n) is 2.74. The van der Waals surface area contributed by atoms with E-state index in [0.717, 1.165) is 12.2 Å². The third-order valence-corrected chi connectivity index (χ3v) is 5.35. The van der Waals surface area contributed by atoms with Crippen LogP contribution in [-0.2, 0) is 11.8 Å². The molecule has 0 radical (unpaired) electrons. The topological polar surface area (TPSA) is 68.1 Å². The molecule has 3 nitrogen and oxygen atoms in total. The Bertz CT molecular complexity index is 434. The van der Waals surface area contributed by atoms with Gasteiger partial charge in [0.1, 0.15) is 11.8 Å². The van der Waals surface area contributed by atoms with Crippen LogP contribution in [0.4, 0.5) is 0 Å². The summed E-state index contributed by atoms with van der Waals surface area (Å²) < 4.78 is 0. The lowest BCUT2D eigenvalue weighted by Gasteiger charge is -2.40. The van der Waals surface area contributed by atoms with E-state index in [0.29, 0.717) is 11.0 Å². The van der Waals surface area contributed by atoms with Crippen molar-refractivity contribution >= 4 is 11.8 Å². The molecule has 0 saturated heterocycles. The smallest absolute Gasteiger partial charge is 0.115 e. The summed E-state index contributed by atoms with van der Waals surface area (Å²) in [6.45, 7) is 4.60. The molecule has 0 aliphatic heterocycles. The van der Waals surface area contributed by atoms with E-state index < -0.39 is 0 Å². The van der Waals surface area contributed by atoms with E-state index in [1.54, 1.807) is 17.8 Å². The highest BCUT2D eigenvalue weighted by atomic mass is 32.2. The first-order chi connectivity index (χ1) is 8.46. The number of hydrogen-bond donors (Lipinski definition) is 3. The van der Waals surface area contributed by atoms with Crippen LogP contribution in [0, 0.1) is 0 Å². The fraction of sp³-hybridized carbons (Fsp3) is 0.571. The number of rotatable bonds is 3. The van der Waals surface area contributed by atoms with E-state index in [9.17, 15) is 5.11 Å². The van der Waals surface area contributed by atoms with Crippen molar-refractivity contribution in [3.63, 3.8) is 0 Å². The molecule has 0 heterocycles. The maximum absolute atomic E-state index is 9.66. The fourth-order valence-corrected chi connectivity index (χ4v) is 4.02. The molecule has 0 fully saturated rings. The molecule has 0 amide bonds. The van der Waals surface area contributed by atoms with Crippen molar-refractivity contribution in [2.75, 3.05) is 12.4 Å². The van der Waals surface area contributed by atoms with Crippen LogP contribution < -0.4 is 5.73 Å². The van der Waals surface area contributed by atoms with Gasteiger partial charge in [0, 0.05) is 11.2 Å². The molecule has 18 heavy (non-hydrogen) atoms. The van der Waals surface area contributed by atoms with Gasteiger partial charge in [0.2, 0.25) is 0 Å². The molecule has 1 aromatic carbocycles. The SMILES string of the molecule is CC1(C)c2cc(O)ccc2CC(SCCO)C1[NH3+]. The van der Waals surface area contributed by atoms with Gasteiger partial charge in [0.25, 0.3) is 0 Å². The van der Waals surface area contributed by atoms with Crippen molar-refractivity contribution in [2.24, 2.45) is 0 Å². The number of hydrogen-bond acceptors (Lipinski definition) is 3. The molecule has 100 valence electrons. The minimum Gasteiger partial charge on any atom is -0.508 e. The first-order valence-corrected chi connectivity index (χ1v) is 7.39. The minimum absolute atomic E-state index is 0.0422. The Morgan fingerprint density at radius 3 is 2.83 bits per heavy atom. The van der Waals surface area contributed by atoms with Crippen LogP contribution in [0.2, 0.25) is 0 Å². The van der Waals surface area contributed by atoms with E-state index in [1.807, 2.05) is 12.1 Å². The zero-order chi connectivity index (χ0) is 13.3. The lowest BCUT2D eigenvalue weighted by atomic mass is 9.69. The van der Waals surface area contributed by atoms with Crippen LogP contribution in [0.15, 0.2) is 18.2 Å². The maximum Gasteiger partial charge on any atom is 0.115 e. The molecular weight excluding hydrogens is 246 g/mol. The predicted molar refractivity (Wildman–Crippen MR) is 74.8 cm³/mol. The molecule has 0 bridgehead atoms. The Balaban J connectivity index is 2.34. The standard InChI is InChI=1S/C14H21NO2S/c1-14(2)11-8-10(17)4-3-9(11)7-12(13(14)15)18-6-5-16/h3-4,8,12-13,16-17H,5-7,15H2,1-2H3/p+1. The lowest BCUT2D eigenvalue weighted by Crippen LogP contribution is -2.74. The van der Waals surface area contributed by atoms with Crippen molar-refractivity contribution in [1.82, 2.24) is 0 Å². The molecule has 2 rings (SSSR count). The van der Waals surface area contributed by atoms with Crippen molar-refractivity contribution in [3.8, 4) is 5.75 Å². The molecule has 0 aromatic heterocycles. The number of quaternary nitrogens is 1. The van der Waals surface area contributed by atoms with Crippen LogP contribution in [0.1, 0.15) is 25.0 Å². The largest absolute Gasteiger partial charge is 0.508 e. The molecule has 1 aliphatic rings. The van der Waals surface area contributed by atoms with Gasteiger partial charge in [-0.15, -0.1) is 11.8 Å². The van der Waals surface area contributed by atoms with Gasteiger partial charge in [-0.25, -0.2) is 0 Å². The molecule has 4 heteroatoms. The second-order valence-electron chi connectivity index (χ2n) is 5.51. The van der Waals surface area contributed by atoms with Gasteiger partial charge in [-0.2, -0.15) is 0 Å². The van der Waals surface area contributed by atoms with Gasteiger partial charge in [0.05, 0.1) is 11.9 Å². The normalized spacial score (nSPS) is 25.8. The predicted octanol–water partition coefficient (Wildman–Crippen LogP) is 0.930. The number of aliphatic hydroxyl groups excluding tert-OH is 1. The van der Waals surface area contributed by atoms with Crippen LogP contribution in [0.5, 0.6) is 5.75 Å². The monoisotopic (exact) mass is 268 g/mol. The summed E-state index contributed by atoms with van der Waals surface area (Å²) in [6.07, 6.45) is 0.970. The highest BCUT2D eigenvalue weighted by Gasteiger charge is 2.43. The number of thioether (sulfide) groups is 1. The summed E-state index contributed by atoms with van der Waals surface area (Å²) in [4.78, 5) is 0. The number of phenols is 1. The summed E-state index contributed by atoms with van der Waals surface area (Å²) in [5.41, 5.74) is 6.80. The minimum atomic E-state index is -0.0422. The molecule has 2 unspecified atom stereocenters. The van der Waals surface area contributed by atoms with Crippen LogP contribution >= 0.6 is 11.8 Å². The summed E-state index contributed by atoms with van der Waals surface area (Å²) in [5.74, 6) is 1.09. The second-order valence-corrected chi connectivity index (χ2v) is 6.85. The molecule has 1 aliphatic carbocycles. The third kappa shape index (κ3) is 2.37. The summed E-state index contributed by atoms with van der Waals surface area (Å²) in [6, 6.07) is 5.93. The second kappa shape index (κ2) is 5.11. The molecule has 0 spiro atoms. The van der Waals surface area contributed by atoms with E-state index in [4.69, 9.17) is 5.11 Å². The number of aromatic hydroxyl groups is 1. The van der Waals surface area contributed by atoms with Crippen molar-refractivity contribution < 1.29 is 15.9 Å². The first kappa shape index (κ1) is 13.7. The van der Waals surface area contributed by atoms with Crippen molar-refractivity contribution in [3.05, 3.63) is 29.3 Å². The summed E-state index contributed by atoms with van der Waals surface area (Å²) >= 11 is 1.80. The number of benzene rings is 1. The average molecular weight is 268 g/mol. The Labute approximate surface area is 112 Å². The lowest BCUT2D eigenvalue weighted by molar-refractivity contribution is -0.435. The average Bonchev–Trinajstić information content (AvgIpc) is 2.33. The number of aliphatic hydroxyl groups is 1.